The molecule has 0 saturated carbocycles. The Kier molecular flexibility index (Phi) is 19.7. The third kappa shape index (κ3) is 15.2. The first-order valence-electron chi connectivity index (χ1n) is 25.3. The van der Waals surface area contributed by atoms with Crippen LogP contribution in [0.1, 0.15) is 38.9 Å². The van der Waals surface area contributed by atoms with Gasteiger partial charge in [-0.2, -0.15) is 0 Å². The van der Waals surface area contributed by atoms with Gasteiger partial charge in [0.15, 0.2) is 6.29 Å². The number of ether oxygens (including phenoxy) is 9. The SMILES string of the molecule is CO[C@H]1O[C@H](CN[C@H]2C=C(COCc3ccccc3)[C@@H](OCc3ccccc3)[C@H](OCc3ccccc3)[C@@H]2OCc2ccccc2)[C@@H](OCc2ccccc2)[C@H](OCc2ccccc2)[C@@H]1OCc1ccccc1. The fraction of sp³-hybridized carbons (Fsp3) is 0.302. The Morgan fingerprint density at radius 2 is 0.699 bits per heavy atom. The van der Waals surface area contributed by atoms with Crippen molar-refractivity contribution in [3.63, 3.8) is 0 Å². The minimum Gasteiger partial charge on any atom is -0.372 e. The lowest BCUT2D eigenvalue weighted by atomic mass is 9.87. The van der Waals surface area contributed by atoms with Gasteiger partial charge in [0.1, 0.15) is 42.7 Å². The van der Waals surface area contributed by atoms with Crippen LogP contribution >= 0.6 is 0 Å². The molecular weight excluding hydrogens is 915 g/mol. The van der Waals surface area contributed by atoms with E-state index in [2.05, 4.69) is 84.2 Å². The molecule has 10 nitrogen and oxygen atoms in total. The maximum Gasteiger partial charge on any atom is 0.186 e. The highest BCUT2D eigenvalue weighted by Crippen LogP contribution is 2.34. The Balaban J connectivity index is 1.07. The maximum absolute atomic E-state index is 7.11. The molecular formula is C63H67NO9. The maximum atomic E-state index is 7.11. The number of nitrogens with one attached hydrogen (secondary N) is 1. The van der Waals surface area contributed by atoms with Crippen LogP contribution in [-0.4, -0.2) is 75.3 Å². The van der Waals surface area contributed by atoms with Gasteiger partial charge in [0.2, 0.25) is 0 Å². The van der Waals surface area contributed by atoms with Crippen molar-refractivity contribution < 1.29 is 42.6 Å². The Morgan fingerprint density at radius 3 is 1.11 bits per heavy atom. The van der Waals surface area contributed by atoms with Gasteiger partial charge < -0.3 is 47.9 Å². The van der Waals surface area contributed by atoms with Crippen LogP contribution in [0, 0.1) is 0 Å². The van der Waals surface area contributed by atoms with Crippen molar-refractivity contribution >= 4 is 0 Å². The molecule has 10 heteroatoms. The van der Waals surface area contributed by atoms with Crippen molar-refractivity contribution in [1.29, 1.82) is 0 Å². The van der Waals surface area contributed by atoms with Gasteiger partial charge in [-0.05, 0) is 44.5 Å². The van der Waals surface area contributed by atoms with E-state index in [1.54, 1.807) is 7.11 Å². The molecule has 0 unspecified atom stereocenters. The van der Waals surface area contributed by atoms with Crippen LogP contribution in [0.2, 0.25) is 0 Å². The molecule has 1 aliphatic carbocycles. The summed E-state index contributed by atoms with van der Waals surface area (Å²) < 4.78 is 61.7. The molecule has 9 atom stereocenters. The first-order chi connectivity index (χ1) is 36.2. The first kappa shape index (κ1) is 51.8. The van der Waals surface area contributed by atoms with E-state index in [1.807, 2.05) is 140 Å². The molecule has 1 aliphatic heterocycles. The molecule has 378 valence electrons. The van der Waals surface area contributed by atoms with Crippen molar-refractivity contribution in [2.75, 3.05) is 20.3 Å². The Labute approximate surface area is 430 Å². The molecule has 1 N–H and O–H groups in total. The summed E-state index contributed by atoms with van der Waals surface area (Å²) in [6.07, 6.45) is -2.67. The highest BCUT2D eigenvalue weighted by Gasteiger charge is 2.50. The highest BCUT2D eigenvalue weighted by molar-refractivity contribution is 5.26. The average molecular weight is 982 g/mol. The summed E-state index contributed by atoms with van der Waals surface area (Å²) in [5, 5.41) is 3.93. The Morgan fingerprint density at radius 1 is 0.356 bits per heavy atom. The van der Waals surface area contributed by atoms with Crippen molar-refractivity contribution in [1.82, 2.24) is 5.32 Å². The molecule has 0 spiro atoms. The highest BCUT2D eigenvalue weighted by atomic mass is 16.7. The second-order valence-corrected chi connectivity index (χ2v) is 18.5. The molecule has 73 heavy (non-hydrogen) atoms. The molecule has 7 aromatic rings. The monoisotopic (exact) mass is 981 g/mol. The number of hydrogen-bond acceptors (Lipinski definition) is 10. The van der Waals surface area contributed by atoms with Gasteiger partial charge in [0.25, 0.3) is 0 Å². The lowest BCUT2D eigenvalue weighted by molar-refractivity contribution is -0.316. The average Bonchev–Trinajstić information content (AvgIpc) is 3.45. The predicted octanol–water partition coefficient (Wildman–Crippen LogP) is 11.0. The quantitative estimate of drug-likeness (QED) is 0.0529. The van der Waals surface area contributed by atoms with E-state index in [9.17, 15) is 0 Å². The molecule has 1 saturated heterocycles. The standard InChI is InChI=1S/C63H67NO9/c1-65-63-62(72-45-53-35-21-8-22-36-53)61(71-44-52-33-19-7-20-34-52)59(69-42-50-29-15-5-16-30-50)56(73-63)38-64-55-37-54(46-66-39-47-23-9-2-10-24-47)57(67-40-48-25-11-3-12-26-48)60(70-43-51-31-17-6-18-32-51)58(55)68-41-49-27-13-4-14-28-49/h2-37,55-64H,38-46H2,1H3/t55-,56+,57+,58+,59+,60-,61-,62-,63-/m0/s1. The minimum absolute atomic E-state index is 0.299. The summed E-state index contributed by atoms with van der Waals surface area (Å²) in [4.78, 5) is 0. The van der Waals surface area contributed by atoms with E-state index in [0.717, 1.165) is 44.5 Å². The molecule has 2 aliphatic rings. The topological polar surface area (TPSA) is 95.1 Å². The van der Waals surface area contributed by atoms with E-state index >= 15 is 0 Å². The van der Waals surface area contributed by atoms with Gasteiger partial charge in [-0.3, -0.25) is 0 Å². The van der Waals surface area contributed by atoms with Crippen LogP contribution < -0.4 is 5.32 Å². The van der Waals surface area contributed by atoms with Gasteiger partial charge >= 0.3 is 0 Å². The van der Waals surface area contributed by atoms with Gasteiger partial charge in [0, 0.05) is 13.7 Å². The molecule has 1 fully saturated rings. The zero-order valence-corrected chi connectivity index (χ0v) is 41.5. The molecule has 7 aromatic carbocycles. The summed E-state index contributed by atoms with van der Waals surface area (Å²) in [7, 11) is 1.65. The number of benzene rings is 7. The Hall–Kier alpha value is -6.12. The van der Waals surface area contributed by atoms with Crippen LogP contribution in [0.4, 0.5) is 0 Å². The molecule has 0 aromatic heterocycles. The lowest BCUT2D eigenvalue weighted by Gasteiger charge is -2.47. The van der Waals surface area contributed by atoms with Crippen LogP contribution in [0.3, 0.4) is 0 Å². The summed E-state index contributed by atoms with van der Waals surface area (Å²) in [6, 6.07) is 70.9. The van der Waals surface area contributed by atoms with Crippen molar-refractivity contribution in [3.8, 4) is 0 Å². The van der Waals surface area contributed by atoms with Gasteiger partial charge in [-0.1, -0.05) is 218 Å². The van der Waals surface area contributed by atoms with E-state index in [0.29, 0.717) is 59.4 Å². The fourth-order valence-corrected chi connectivity index (χ4v) is 9.40. The van der Waals surface area contributed by atoms with Gasteiger partial charge in [-0.15, -0.1) is 0 Å². The van der Waals surface area contributed by atoms with E-state index in [1.165, 1.54) is 0 Å². The molecule has 0 bridgehead atoms. The summed E-state index contributed by atoms with van der Waals surface area (Å²) >= 11 is 0. The molecule has 9 rings (SSSR count). The molecule has 1 heterocycles. The summed E-state index contributed by atoms with van der Waals surface area (Å²) in [6.45, 7) is 3.08. The van der Waals surface area contributed by atoms with Crippen LogP contribution in [0.25, 0.3) is 0 Å². The number of methoxy groups -OCH3 is 1. The second-order valence-electron chi connectivity index (χ2n) is 18.5. The van der Waals surface area contributed by atoms with Gasteiger partial charge in [-0.25, -0.2) is 0 Å². The first-order valence-corrected chi connectivity index (χ1v) is 25.3. The fourth-order valence-electron chi connectivity index (χ4n) is 9.40. The van der Waals surface area contributed by atoms with Crippen LogP contribution in [-0.2, 0) is 88.9 Å². The molecule has 0 radical (unpaired) electrons. The van der Waals surface area contributed by atoms with Crippen LogP contribution in [0.15, 0.2) is 224 Å². The van der Waals surface area contributed by atoms with Gasteiger partial charge in [0.05, 0.1) is 58.9 Å². The van der Waals surface area contributed by atoms with Crippen molar-refractivity contribution in [2.24, 2.45) is 0 Å². The lowest BCUT2D eigenvalue weighted by Crippen LogP contribution is -2.64. The predicted molar refractivity (Wildman–Crippen MR) is 282 cm³/mol. The third-order valence-electron chi connectivity index (χ3n) is 13.2. The second kappa shape index (κ2) is 27.8. The summed E-state index contributed by atoms with van der Waals surface area (Å²) in [5.41, 5.74) is 8.22. The number of rotatable bonds is 26. The number of hydrogen-bond donors (Lipinski definition) is 1. The van der Waals surface area contributed by atoms with E-state index in [4.69, 9.17) is 42.6 Å². The van der Waals surface area contributed by atoms with Crippen molar-refractivity contribution in [3.05, 3.63) is 263 Å². The normalized spacial score (nSPS) is 22.9. The van der Waals surface area contributed by atoms with E-state index in [-0.39, 0.29) is 0 Å². The largest absolute Gasteiger partial charge is 0.372 e. The zero-order chi connectivity index (χ0) is 49.7. The molecule has 0 amide bonds. The zero-order valence-electron chi connectivity index (χ0n) is 41.5. The smallest absolute Gasteiger partial charge is 0.186 e. The van der Waals surface area contributed by atoms with E-state index < -0.39 is 55.1 Å². The summed E-state index contributed by atoms with van der Waals surface area (Å²) in [5.74, 6) is 0. The van der Waals surface area contributed by atoms with Crippen LogP contribution in [0.5, 0.6) is 0 Å². The Bertz CT molecular complexity index is 2630. The third-order valence-corrected chi connectivity index (χ3v) is 13.2. The minimum atomic E-state index is -0.792. The van der Waals surface area contributed by atoms with Crippen molar-refractivity contribution in [2.45, 2.75) is 101 Å².